The van der Waals surface area contributed by atoms with Crippen molar-refractivity contribution < 1.29 is 37.6 Å². The molecule has 2 heterocycles. The van der Waals surface area contributed by atoms with E-state index in [9.17, 15) is 19.0 Å². The number of anilines is 2. The minimum absolute atomic E-state index is 0.109. The largest absolute Gasteiger partial charge is 0.472 e. The summed E-state index contributed by atoms with van der Waals surface area (Å²) in [6, 6.07) is 7.41. The third-order valence-corrected chi connectivity index (χ3v) is 6.10. The molecule has 0 aliphatic carbocycles. The molecule has 37 heavy (non-hydrogen) atoms. The zero-order valence-electron chi connectivity index (χ0n) is 20.2. The Morgan fingerprint density at radius 1 is 1.16 bits per heavy atom. The number of imidazole rings is 1. The van der Waals surface area contributed by atoms with Gasteiger partial charge in [0.2, 0.25) is 5.95 Å². The lowest BCUT2D eigenvalue weighted by atomic mass is 10.2. The number of hydrogen-bond acceptors (Lipinski definition) is 11. The number of aromatic nitrogens is 3. The first-order chi connectivity index (χ1) is 17.6. The molecule has 15 nitrogen and oxygen atoms in total. The fourth-order valence-corrected chi connectivity index (χ4v) is 4.25. The van der Waals surface area contributed by atoms with E-state index in [2.05, 4.69) is 31.7 Å². The van der Waals surface area contributed by atoms with Crippen LogP contribution in [0.4, 0.5) is 21.4 Å². The van der Waals surface area contributed by atoms with E-state index in [4.69, 9.17) is 26.2 Å². The van der Waals surface area contributed by atoms with Crippen molar-refractivity contribution in [3.63, 3.8) is 0 Å². The van der Waals surface area contributed by atoms with Crippen molar-refractivity contribution in [2.45, 2.75) is 32.4 Å². The molecule has 1 aromatic carbocycles. The SMILES string of the molecule is CCCCNc1nc2c(N)nc3ccccc3c2n1CCOP(=O)(O)OC[C@@H](COC(N)=O)OC(N)=O. The van der Waals surface area contributed by atoms with Gasteiger partial charge in [-0.25, -0.2) is 24.1 Å². The number of benzene rings is 1. The van der Waals surface area contributed by atoms with Crippen LogP contribution in [0.5, 0.6) is 0 Å². The number of carbonyl (C=O) groups excluding carboxylic acids is 2. The second-order valence-corrected chi connectivity index (χ2v) is 9.32. The Kier molecular flexibility index (Phi) is 9.47. The first kappa shape index (κ1) is 27.9. The fraction of sp³-hybridized carbons (Fsp3) is 0.429. The molecule has 0 spiro atoms. The van der Waals surface area contributed by atoms with E-state index in [0.717, 1.165) is 18.2 Å². The van der Waals surface area contributed by atoms with E-state index in [0.29, 0.717) is 29.0 Å². The summed E-state index contributed by atoms with van der Waals surface area (Å²) < 4.78 is 33.4. The van der Waals surface area contributed by atoms with E-state index in [1.54, 1.807) is 4.57 Å². The third-order valence-electron chi connectivity index (χ3n) is 5.11. The minimum atomic E-state index is -4.61. The first-order valence-electron chi connectivity index (χ1n) is 11.4. The molecule has 3 aromatic rings. The number of nitrogen functional groups attached to an aromatic ring is 1. The van der Waals surface area contributed by atoms with E-state index in [-0.39, 0.29) is 19.0 Å². The topological polar surface area (TPSA) is 229 Å². The molecule has 0 saturated carbocycles. The Morgan fingerprint density at radius 3 is 2.62 bits per heavy atom. The summed E-state index contributed by atoms with van der Waals surface area (Å²) in [6.45, 7) is 1.40. The van der Waals surface area contributed by atoms with Crippen molar-refractivity contribution in [2.75, 3.05) is 37.4 Å². The van der Waals surface area contributed by atoms with Crippen LogP contribution in [0.15, 0.2) is 24.3 Å². The number of carbonyl (C=O) groups is 2. The summed E-state index contributed by atoms with van der Waals surface area (Å²) in [5.41, 5.74) is 17.8. The molecule has 0 bridgehead atoms. The van der Waals surface area contributed by atoms with Crippen molar-refractivity contribution in [1.82, 2.24) is 14.5 Å². The maximum absolute atomic E-state index is 12.4. The number of nitrogens with one attached hydrogen (secondary N) is 1. The number of hydrogen-bond donors (Lipinski definition) is 5. The van der Waals surface area contributed by atoms with E-state index in [1.165, 1.54) is 0 Å². The number of phosphoric ester groups is 1. The van der Waals surface area contributed by atoms with Gasteiger partial charge >= 0.3 is 20.0 Å². The number of amides is 2. The number of phosphoric acid groups is 1. The molecule has 16 heteroatoms. The van der Waals surface area contributed by atoms with Crippen LogP contribution in [0.25, 0.3) is 21.9 Å². The van der Waals surface area contributed by atoms with Gasteiger partial charge in [-0.05, 0) is 12.5 Å². The number of fused-ring (bicyclic) bond motifs is 3. The van der Waals surface area contributed by atoms with Crippen LogP contribution in [-0.4, -0.2) is 64.1 Å². The summed E-state index contributed by atoms with van der Waals surface area (Å²) in [6.07, 6.45) is -1.74. The summed E-state index contributed by atoms with van der Waals surface area (Å²) in [7, 11) is -4.61. The van der Waals surface area contributed by atoms with Crippen LogP contribution in [0.2, 0.25) is 0 Å². The molecule has 3 rings (SSSR count). The van der Waals surface area contributed by atoms with Gasteiger partial charge < -0.3 is 41.5 Å². The lowest BCUT2D eigenvalue weighted by molar-refractivity contribution is 0.0153. The van der Waals surface area contributed by atoms with Crippen LogP contribution in [0.3, 0.4) is 0 Å². The molecule has 0 aliphatic heterocycles. The van der Waals surface area contributed by atoms with Crippen molar-refractivity contribution in [2.24, 2.45) is 11.5 Å². The zero-order valence-corrected chi connectivity index (χ0v) is 21.1. The van der Waals surface area contributed by atoms with E-state index in [1.807, 2.05) is 24.3 Å². The van der Waals surface area contributed by atoms with E-state index >= 15 is 0 Å². The predicted molar refractivity (Wildman–Crippen MR) is 135 cm³/mol. The lowest BCUT2D eigenvalue weighted by Gasteiger charge is -2.18. The van der Waals surface area contributed by atoms with Crippen LogP contribution >= 0.6 is 7.82 Å². The van der Waals surface area contributed by atoms with Gasteiger partial charge in [0.15, 0.2) is 11.9 Å². The van der Waals surface area contributed by atoms with Gasteiger partial charge in [0.05, 0.1) is 30.8 Å². The molecular formula is C21H30N7O8P. The maximum Gasteiger partial charge on any atom is 0.472 e. The van der Waals surface area contributed by atoms with Crippen molar-refractivity contribution in [3.05, 3.63) is 24.3 Å². The quantitative estimate of drug-likeness (QED) is 0.146. The van der Waals surface area contributed by atoms with Crippen molar-refractivity contribution in [3.8, 4) is 0 Å². The summed E-state index contributed by atoms with van der Waals surface area (Å²) >= 11 is 0. The maximum atomic E-state index is 12.4. The highest BCUT2D eigenvalue weighted by Crippen LogP contribution is 2.43. The molecule has 2 aromatic heterocycles. The number of pyridine rings is 1. The van der Waals surface area contributed by atoms with Crippen molar-refractivity contribution in [1.29, 1.82) is 0 Å². The Balaban J connectivity index is 1.76. The molecule has 202 valence electrons. The number of ether oxygens (including phenoxy) is 2. The Labute approximate surface area is 211 Å². The van der Waals surface area contributed by atoms with Crippen LogP contribution in [-0.2, 0) is 29.6 Å². The summed E-state index contributed by atoms with van der Waals surface area (Å²) in [5.74, 6) is 0.755. The van der Waals surface area contributed by atoms with Gasteiger partial charge in [0.1, 0.15) is 12.1 Å². The number of para-hydroxylation sites is 1. The lowest BCUT2D eigenvalue weighted by Crippen LogP contribution is -2.32. The number of primary amides is 2. The van der Waals surface area contributed by atoms with Crippen LogP contribution in [0, 0.1) is 0 Å². The number of rotatable bonds is 14. The van der Waals surface area contributed by atoms with Gasteiger partial charge in [-0.15, -0.1) is 0 Å². The molecule has 2 atom stereocenters. The summed E-state index contributed by atoms with van der Waals surface area (Å²) in [4.78, 5) is 40.9. The highest BCUT2D eigenvalue weighted by molar-refractivity contribution is 7.47. The highest BCUT2D eigenvalue weighted by atomic mass is 31.2. The average molecular weight is 539 g/mol. The molecule has 0 saturated heterocycles. The Hall–Kier alpha value is -3.65. The minimum Gasteiger partial charge on any atom is -0.446 e. The third kappa shape index (κ3) is 7.67. The molecule has 8 N–H and O–H groups in total. The zero-order chi connectivity index (χ0) is 27.0. The van der Waals surface area contributed by atoms with E-state index < -0.39 is 39.3 Å². The van der Waals surface area contributed by atoms with Gasteiger partial charge in [0, 0.05) is 11.9 Å². The molecular weight excluding hydrogens is 509 g/mol. The number of unbranched alkanes of at least 4 members (excludes halogenated alkanes) is 1. The standard InChI is InChI=1S/C21H30N7O8P/c1-2-3-8-25-21-27-16-17(14-6-4-5-7-15(14)26-18(16)22)28(21)9-10-34-37(31,32)35-12-13(36-20(24)30)11-33-19(23)29/h4-7,13H,2-3,8-12H2,1H3,(H2,22,26)(H2,23,29)(H2,24,30)(H,25,27)(H,31,32)/t13-/m1/s1. The molecule has 0 radical (unpaired) electrons. The van der Waals surface area contributed by atoms with Crippen molar-refractivity contribution >= 4 is 53.7 Å². The molecule has 0 fully saturated rings. The molecule has 0 aliphatic rings. The van der Waals surface area contributed by atoms with Crippen LogP contribution < -0.4 is 22.5 Å². The average Bonchev–Trinajstić information content (AvgIpc) is 3.20. The van der Waals surface area contributed by atoms with Gasteiger partial charge in [-0.3, -0.25) is 9.05 Å². The number of nitrogens with two attached hydrogens (primary N) is 3. The molecule has 1 unspecified atom stereocenters. The molecule has 2 amide bonds. The Bertz CT molecular complexity index is 1300. The smallest absolute Gasteiger partial charge is 0.446 e. The second-order valence-electron chi connectivity index (χ2n) is 7.87. The number of nitrogens with zero attached hydrogens (tertiary/aromatic N) is 3. The Morgan fingerprint density at radius 2 is 1.92 bits per heavy atom. The van der Waals surface area contributed by atoms with Gasteiger partial charge in [0.25, 0.3) is 0 Å². The normalized spacial score (nSPS) is 13.8. The highest BCUT2D eigenvalue weighted by Gasteiger charge is 2.26. The predicted octanol–water partition coefficient (Wildman–Crippen LogP) is 2.07. The van der Waals surface area contributed by atoms with Gasteiger partial charge in [-0.2, -0.15) is 0 Å². The fourth-order valence-electron chi connectivity index (χ4n) is 3.51. The van der Waals surface area contributed by atoms with Crippen LogP contribution in [0.1, 0.15) is 19.8 Å². The second kappa shape index (κ2) is 12.5. The van der Waals surface area contributed by atoms with Gasteiger partial charge in [-0.1, -0.05) is 31.5 Å². The summed E-state index contributed by atoms with van der Waals surface area (Å²) in [5, 5.41) is 4.06. The first-order valence-corrected chi connectivity index (χ1v) is 12.9. The monoisotopic (exact) mass is 539 g/mol.